The zero-order valence-electron chi connectivity index (χ0n) is 13.7. The van der Waals surface area contributed by atoms with Crippen LogP contribution in [0.3, 0.4) is 0 Å². The predicted octanol–water partition coefficient (Wildman–Crippen LogP) is 5.77. The van der Waals surface area contributed by atoms with Crippen molar-refractivity contribution in [2.24, 2.45) is 0 Å². The summed E-state index contributed by atoms with van der Waals surface area (Å²) >= 11 is 1.76. The van der Waals surface area contributed by atoms with Crippen molar-refractivity contribution in [2.45, 2.75) is 23.8 Å². The van der Waals surface area contributed by atoms with Crippen LogP contribution in [0.2, 0.25) is 0 Å². The van der Waals surface area contributed by atoms with Crippen LogP contribution in [0.25, 0.3) is 16.9 Å². The molecule has 0 bridgehead atoms. The molecular formula is C21H18N2S. The van der Waals surface area contributed by atoms with Gasteiger partial charge in [0.1, 0.15) is 16.4 Å². The fourth-order valence-corrected chi connectivity index (χ4v) is 3.73. The molecule has 118 valence electrons. The van der Waals surface area contributed by atoms with Gasteiger partial charge in [-0.05, 0) is 43.7 Å². The summed E-state index contributed by atoms with van der Waals surface area (Å²) in [6, 6.07) is 23.3. The highest BCUT2D eigenvalue weighted by Crippen LogP contribution is 2.36. The number of hydrogen-bond donors (Lipinski definition) is 0. The first kappa shape index (κ1) is 15.0. The molecule has 0 atom stereocenters. The molecule has 0 saturated heterocycles. The number of hydrogen-bond acceptors (Lipinski definition) is 2. The lowest BCUT2D eigenvalue weighted by Crippen LogP contribution is -1.88. The first-order chi connectivity index (χ1) is 11.7. The number of benzene rings is 2. The second kappa shape index (κ2) is 6.17. The van der Waals surface area contributed by atoms with E-state index in [1.54, 1.807) is 11.8 Å². The van der Waals surface area contributed by atoms with Crippen molar-refractivity contribution in [2.75, 3.05) is 0 Å². The second-order valence-corrected chi connectivity index (χ2v) is 7.04. The van der Waals surface area contributed by atoms with Gasteiger partial charge in [0.15, 0.2) is 0 Å². The molecule has 0 amide bonds. The molecule has 0 saturated carbocycles. The summed E-state index contributed by atoms with van der Waals surface area (Å²) in [5.41, 5.74) is 5.67. The van der Waals surface area contributed by atoms with Gasteiger partial charge in [-0.25, -0.2) is 4.98 Å². The number of imidazole rings is 1. The Kier molecular flexibility index (Phi) is 3.87. The van der Waals surface area contributed by atoms with Crippen molar-refractivity contribution in [3.05, 3.63) is 84.1 Å². The summed E-state index contributed by atoms with van der Waals surface area (Å²) in [5, 5.41) is 1.15. The molecule has 2 aromatic heterocycles. The molecule has 0 unspecified atom stereocenters. The van der Waals surface area contributed by atoms with Gasteiger partial charge in [-0.3, -0.25) is 4.40 Å². The number of pyridine rings is 1. The van der Waals surface area contributed by atoms with Gasteiger partial charge in [0.2, 0.25) is 0 Å². The van der Waals surface area contributed by atoms with Gasteiger partial charge in [0.05, 0.1) is 0 Å². The Labute approximate surface area is 146 Å². The average molecular weight is 330 g/mol. The van der Waals surface area contributed by atoms with Crippen LogP contribution in [-0.4, -0.2) is 9.38 Å². The Bertz CT molecular complexity index is 986. The Balaban J connectivity index is 1.89. The van der Waals surface area contributed by atoms with Crippen LogP contribution in [0, 0.1) is 13.8 Å². The van der Waals surface area contributed by atoms with Crippen molar-refractivity contribution in [1.29, 1.82) is 0 Å². The third kappa shape index (κ3) is 2.83. The average Bonchev–Trinajstić information content (AvgIpc) is 2.95. The number of fused-ring (bicyclic) bond motifs is 1. The van der Waals surface area contributed by atoms with Crippen LogP contribution < -0.4 is 0 Å². The normalized spacial score (nSPS) is 11.1. The van der Waals surface area contributed by atoms with Crippen LogP contribution in [-0.2, 0) is 0 Å². The minimum absolute atomic E-state index is 0.989. The highest BCUT2D eigenvalue weighted by Gasteiger charge is 2.15. The maximum Gasteiger partial charge on any atom is 0.138 e. The molecule has 4 aromatic rings. The molecule has 3 heteroatoms. The van der Waals surface area contributed by atoms with Crippen LogP contribution >= 0.6 is 11.8 Å². The second-order valence-electron chi connectivity index (χ2n) is 5.98. The maximum atomic E-state index is 4.90. The van der Waals surface area contributed by atoms with Crippen molar-refractivity contribution >= 4 is 17.4 Å². The SMILES string of the molecule is Cc1ccc(Sc2c(-c3ccccc3)nc3cc(C)ccn23)cc1. The van der Waals surface area contributed by atoms with E-state index in [9.17, 15) is 0 Å². The molecule has 0 spiro atoms. The van der Waals surface area contributed by atoms with Gasteiger partial charge in [-0.15, -0.1) is 0 Å². The van der Waals surface area contributed by atoms with Crippen molar-refractivity contribution < 1.29 is 0 Å². The van der Waals surface area contributed by atoms with Gasteiger partial charge in [-0.2, -0.15) is 0 Å². The Morgan fingerprint density at radius 2 is 1.58 bits per heavy atom. The summed E-state index contributed by atoms with van der Waals surface area (Å²) < 4.78 is 2.18. The van der Waals surface area contributed by atoms with E-state index >= 15 is 0 Å². The van der Waals surface area contributed by atoms with Crippen LogP contribution in [0.15, 0.2) is 82.8 Å². The summed E-state index contributed by atoms with van der Waals surface area (Å²) in [5.74, 6) is 0. The van der Waals surface area contributed by atoms with E-state index < -0.39 is 0 Å². The zero-order chi connectivity index (χ0) is 16.5. The van der Waals surface area contributed by atoms with Crippen molar-refractivity contribution in [3.63, 3.8) is 0 Å². The minimum Gasteiger partial charge on any atom is -0.294 e. The van der Waals surface area contributed by atoms with E-state index in [1.165, 1.54) is 16.0 Å². The third-order valence-corrected chi connectivity index (χ3v) is 5.11. The van der Waals surface area contributed by atoms with Crippen molar-refractivity contribution in [1.82, 2.24) is 9.38 Å². The molecule has 4 rings (SSSR count). The monoisotopic (exact) mass is 330 g/mol. The Morgan fingerprint density at radius 3 is 2.33 bits per heavy atom. The summed E-state index contributed by atoms with van der Waals surface area (Å²) in [6.45, 7) is 4.21. The number of aromatic nitrogens is 2. The Morgan fingerprint density at radius 1 is 0.833 bits per heavy atom. The molecular weight excluding hydrogens is 312 g/mol. The highest BCUT2D eigenvalue weighted by molar-refractivity contribution is 7.99. The standard InChI is InChI=1S/C21H18N2S/c1-15-8-10-18(11-9-15)24-21-20(17-6-4-3-5-7-17)22-19-14-16(2)12-13-23(19)21/h3-14H,1-2H3. The molecule has 2 aromatic carbocycles. The van der Waals surface area contributed by atoms with Gasteiger partial charge < -0.3 is 0 Å². The van der Waals surface area contributed by atoms with Crippen LogP contribution in [0.5, 0.6) is 0 Å². The molecule has 0 fully saturated rings. The first-order valence-corrected chi connectivity index (χ1v) is 8.81. The first-order valence-electron chi connectivity index (χ1n) is 7.99. The van der Waals surface area contributed by atoms with Gasteiger partial charge in [-0.1, -0.05) is 59.8 Å². The summed E-state index contributed by atoms with van der Waals surface area (Å²) in [7, 11) is 0. The van der Waals surface area contributed by atoms with Gasteiger partial charge in [0.25, 0.3) is 0 Å². The van der Waals surface area contributed by atoms with Crippen molar-refractivity contribution in [3.8, 4) is 11.3 Å². The van der Waals surface area contributed by atoms with E-state index in [0.717, 1.165) is 21.9 Å². The number of aryl methyl sites for hydroxylation is 2. The van der Waals surface area contributed by atoms with E-state index in [0.29, 0.717) is 0 Å². The molecule has 0 N–H and O–H groups in total. The minimum atomic E-state index is 0.989. The molecule has 0 aliphatic heterocycles. The topological polar surface area (TPSA) is 17.3 Å². The number of nitrogens with zero attached hydrogens (tertiary/aromatic N) is 2. The molecule has 0 radical (unpaired) electrons. The van der Waals surface area contributed by atoms with Gasteiger partial charge in [0, 0.05) is 16.7 Å². The molecule has 24 heavy (non-hydrogen) atoms. The maximum absolute atomic E-state index is 4.90. The molecule has 2 heterocycles. The lowest BCUT2D eigenvalue weighted by Gasteiger charge is -2.06. The quantitative estimate of drug-likeness (QED) is 0.474. The Hall–Kier alpha value is -2.52. The fraction of sp³-hybridized carbons (Fsp3) is 0.0952. The molecule has 0 aliphatic rings. The van der Waals surface area contributed by atoms with E-state index in [2.05, 4.69) is 85.1 Å². The summed E-state index contributed by atoms with van der Waals surface area (Å²) in [6.07, 6.45) is 2.11. The fourth-order valence-electron chi connectivity index (χ4n) is 2.72. The highest BCUT2D eigenvalue weighted by atomic mass is 32.2. The predicted molar refractivity (Wildman–Crippen MR) is 101 cm³/mol. The van der Waals surface area contributed by atoms with Gasteiger partial charge >= 0.3 is 0 Å². The van der Waals surface area contributed by atoms with E-state index in [4.69, 9.17) is 4.98 Å². The molecule has 2 nitrogen and oxygen atoms in total. The zero-order valence-corrected chi connectivity index (χ0v) is 14.5. The van der Waals surface area contributed by atoms with E-state index in [-0.39, 0.29) is 0 Å². The largest absolute Gasteiger partial charge is 0.294 e. The lowest BCUT2D eigenvalue weighted by molar-refractivity contribution is 1.04. The van der Waals surface area contributed by atoms with E-state index in [1.807, 2.05) is 6.07 Å². The third-order valence-electron chi connectivity index (χ3n) is 4.02. The van der Waals surface area contributed by atoms with Crippen LogP contribution in [0.1, 0.15) is 11.1 Å². The lowest BCUT2D eigenvalue weighted by atomic mass is 10.2. The smallest absolute Gasteiger partial charge is 0.138 e. The number of rotatable bonds is 3. The molecule has 0 aliphatic carbocycles. The van der Waals surface area contributed by atoms with Crippen LogP contribution in [0.4, 0.5) is 0 Å². The summed E-state index contributed by atoms with van der Waals surface area (Å²) in [4.78, 5) is 6.12.